The number of fused-ring (bicyclic) bond motifs is 2. The summed E-state index contributed by atoms with van der Waals surface area (Å²) in [6.07, 6.45) is 0. The molecule has 2 aromatic heterocycles. The number of non-ortho nitro benzene ring substituents is 2. The molecule has 0 bridgehead atoms. The molecule has 2 aliphatic heterocycles. The monoisotopic (exact) mass is 1160 g/mol. The highest BCUT2D eigenvalue weighted by Gasteiger charge is 2.20. The van der Waals surface area contributed by atoms with Crippen molar-refractivity contribution < 1.29 is 37.8 Å². The van der Waals surface area contributed by atoms with Crippen LogP contribution in [0.4, 0.5) is 11.4 Å². The van der Waals surface area contributed by atoms with Crippen molar-refractivity contribution in [3.8, 4) is 39.1 Å². The van der Waals surface area contributed by atoms with Gasteiger partial charge in [-0.1, -0.05) is 100.0 Å². The highest BCUT2D eigenvalue weighted by molar-refractivity contribution is 9.10. The van der Waals surface area contributed by atoms with Crippen LogP contribution >= 0.6 is 31.9 Å². The van der Waals surface area contributed by atoms with E-state index in [0.717, 1.165) is 113 Å². The Morgan fingerprint density at radius 2 is 1.16 bits per heavy atom. The fraction of sp³-hybridized carbons (Fsp3) is 0.263. The molecule has 2 fully saturated rings. The second-order valence-corrected chi connectivity index (χ2v) is 18.9. The maximum absolute atomic E-state index is 12.4. The minimum absolute atomic E-state index is 0. The van der Waals surface area contributed by atoms with Gasteiger partial charge in [-0.15, -0.1) is 0 Å². The lowest BCUT2D eigenvalue weighted by molar-refractivity contribution is -0.385. The van der Waals surface area contributed by atoms with Gasteiger partial charge in [0.15, 0.2) is 0 Å². The highest BCUT2D eigenvalue weighted by atomic mass is 79.9. The molecule has 6 aromatic carbocycles. The first kappa shape index (κ1) is 58.4. The van der Waals surface area contributed by atoms with Gasteiger partial charge in [-0.05, 0) is 108 Å². The topological polar surface area (TPSA) is 210 Å². The number of rotatable bonds is 10. The summed E-state index contributed by atoms with van der Waals surface area (Å²) in [5.74, 6) is 0.636. The Bertz CT molecular complexity index is 3410. The Hall–Kier alpha value is -6.84. The average Bonchev–Trinajstić information content (AvgIpc) is 3.44. The lowest BCUT2D eigenvalue weighted by Crippen LogP contribution is -2.35. The summed E-state index contributed by atoms with van der Waals surface area (Å²) in [6.45, 7) is 16.0. The van der Waals surface area contributed by atoms with E-state index >= 15 is 0 Å². The van der Waals surface area contributed by atoms with Gasteiger partial charge in [-0.25, -0.2) is 9.59 Å². The number of nitrogens with zero attached hydrogens (tertiary/aromatic N) is 3. The van der Waals surface area contributed by atoms with Crippen molar-refractivity contribution in [2.45, 2.75) is 47.0 Å². The first-order valence-corrected chi connectivity index (χ1v) is 25.8. The first-order valence-electron chi connectivity index (χ1n) is 23.9. The lowest BCUT2D eigenvalue weighted by atomic mass is 9.89. The maximum atomic E-state index is 12.4. The van der Waals surface area contributed by atoms with Crippen LogP contribution in [0, 0.1) is 47.9 Å². The number of nitro groups is 2. The van der Waals surface area contributed by atoms with Crippen LogP contribution in [0.5, 0.6) is 5.75 Å². The van der Waals surface area contributed by atoms with E-state index in [-0.39, 0.29) is 18.8 Å². The van der Waals surface area contributed by atoms with E-state index in [1.807, 2.05) is 45.9 Å². The molecule has 1 radical (unpaired) electrons. The molecule has 76 heavy (non-hydrogen) atoms. The average molecular weight is 1160 g/mol. The third kappa shape index (κ3) is 15.0. The van der Waals surface area contributed by atoms with Crippen LogP contribution in [0.2, 0.25) is 0 Å². The summed E-state index contributed by atoms with van der Waals surface area (Å²) in [7, 11) is 0.670. The van der Waals surface area contributed by atoms with Crippen LogP contribution in [0.1, 0.15) is 40.8 Å². The van der Waals surface area contributed by atoms with Crippen LogP contribution in [0.25, 0.3) is 55.3 Å². The summed E-state index contributed by atoms with van der Waals surface area (Å²) in [5.41, 5.74) is 10.8. The molecule has 0 atom stereocenters. The number of nitrogens with one attached hydrogen (secondary N) is 1. The third-order valence-electron chi connectivity index (χ3n) is 12.5. The van der Waals surface area contributed by atoms with Gasteiger partial charge in [0, 0.05) is 101 Å². The maximum Gasteiger partial charge on any atom is 0.569 e. The Morgan fingerprint density at radius 1 is 0.658 bits per heavy atom. The van der Waals surface area contributed by atoms with Crippen LogP contribution in [0.3, 0.4) is 0 Å². The van der Waals surface area contributed by atoms with E-state index in [4.69, 9.17) is 28.0 Å². The van der Waals surface area contributed by atoms with E-state index in [1.165, 1.54) is 47.5 Å². The summed E-state index contributed by atoms with van der Waals surface area (Å²) in [4.78, 5) is 48.1. The molecule has 0 spiro atoms. The van der Waals surface area contributed by atoms with Gasteiger partial charge in [-0.3, -0.25) is 25.1 Å². The predicted molar refractivity (Wildman–Crippen MR) is 305 cm³/mol. The third-order valence-corrected chi connectivity index (χ3v) is 14.3. The Labute approximate surface area is 457 Å². The molecule has 0 unspecified atom stereocenters. The van der Waals surface area contributed by atoms with Gasteiger partial charge in [0.05, 0.1) is 42.0 Å². The number of ether oxygens (including phenoxy) is 2. The van der Waals surface area contributed by atoms with E-state index in [9.17, 15) is 29.8 Å². The van der Waals surface area contributed by atoms with Gasteiger partial charge in [-0.2, -0.15) is 0 Å². The molecule has 19 heteroatoms. The van der Waals surface area contributed by atoms with Crippen molar-refractivity contribution in [3.63, 3.8) is 0 Å². The van der Waals surface area contributed by atoms with Gasteiger partial charge >= 0.3 is 18.9 Å². The summed E-state index contributed by atoms with van der Waals surface area (Å²) < 4.78 is 27.0. The number of hydrogen-bond acceptors (Lipinski definition) is 14. The molecule has 2 saturated heterocycles. The molecule has 395 valence electrons. The van der Waals surface area contributed by atoms with Crippen molar-refractivity contribution >= 4 is 72.9 Å². The van der Waals surface area contributed by atoms with E-state index in [0.29, 0.717) is 46.9 Å². The molecular weight excluding hydrogens is 1100 g/mol. The van der Waals surface area contributed by atoms with Crippen molar-refractivity contribution in [3.05, 3.63) is 200 Å². The molecule has 16 nitrogen and oxygen atoms in total. The van der Waals surface area contributed by atoms with Gasteiger partial charge in [0.25, 0.3) is 11.4 Å². The number of benzene rings is 6. The molecule has 0 saturated carbocycles. The molecule has 0 amide bonds. The van der Waals surface area contributed by atoms with Crippen LogP contribution in [-0.4, -0.2) is 80.1 Å². The fourth-order valence-electron chi connectivity index (χ4n) is 8.86. The molecule has 2 aliphatic rings. The van der Waals surface area contributed by atoms with Crippen molar-refractivity contribution in [2.75, 3.05) is 52.6 Å². The van der Waals surface area contributed by atoms with Gasteiger partial charge < -0.3 is 33.3 Å². The summed E-state index contributed by atoms with van der Waals surface area (Å²) >= 11 is 6.86. The molecule has 4 heterocycles. The van der Waals surface area contributed by atoms with Crippen molar-refractivity contribution in [1.29, 1.82) is 0 Å². The van der Waals surface area contributed by atoms with E-state index in [1.54, 1.807) is 42.5 Å². The Morgan fingerprint density at radius 3 is 1.63 bits per heavy atom. The minimum atomic E-state index is -0.488. The van der Waals surface area contributed by atoms with Gasteiger partial charge in [0.2, 0.25) is 0 Å². The van der Waals surface area contributed by atoms with Crippen molar-refractivity contribution in [1.82, 2.24) is 10.2 Å². The molecular formula is C57H58BBr2N4O12. The van der Waals surface area contributed by atoms with Crippen LogP contribution in [-0.2, 0) is 21.3 Å². The lowest BCUT2D eigenvalue weighted by Gasteiger charge is -2.26. The number of nitro benzene ring substituents is 2. The second-order valence-electron chi connectivity index (χ2n) is 17.6. The van der Waals surface area contributed by atoms with Crippen molar-refractivity contribution in [2.24, 2.45) is 0 Å². The Balaban J connectivity index is 0.000000194. The molecule has 0 aliphatic carbocycles. The quantitative estimate of drug-likeness (QED) is 0.0429. The number of hydrogen-bond donors (Lipinski definition) is 2. The number of halogens is 2. The van der Waals surface area contributed by atoms with Gasteiger partial charge in [0.1, 0.15) is 11.2 Å². The fourth-order valence-corrected chi connectivity index (χ4v) is 9.54. The number of morpholine rings is 2. The summed E-state index contributed by atoms with van der Waals surface area (Å²) in [5, 5.41) is 36.2. The molecule has 10 rings (SSSR count). The normalized spacial score (nSPS) is 13.1. The number of alkyl halides is 1. The smallest absolute Gasteiger partial charge is 0.537 e. The predicted octanol–water partition coefficient (Wildman–Crippen LogP) is 12.0. The van der Waals surface area contributed by atoms with E-state index < -0.39 is 21.1 Å². The SMILES string of the molecule is C.C1COCCN1.Cc1cc2oc(=O)cc(-c3cccc([N+](=O)[O-])c3)c2c(C)c1-c1ccc(CN2CCOCC2)cc1.Cc1cc2oc(=O)cc(-c3cccc([N+](=O)[O-])c3)c2c(C)c1Br.O[B]Oc1ccc(CBr)cc1. The zero-order valence-electron chi connectivity index (χ0n) is 41.7. The standard InChI is InChI=1S/C28H26N2O5.C17H12BrNO4.C7H7BBrO2.C4H9NO.CH4/c1-18-14-25-28(24(16-26(31)35-25)22-4-3-5-23(15-22)30(32)33)19(2)27(18)21-8-6-20(7-9-21)17-29-10-12-34-13-11-29;1-9-6-14-16(10(2)17(9)18)13(8-15(20)23-14)11-4-3-5-12(7-11)19(21)22;9-5-6-1-3-7(4-2-6)11-8-10;1-3-6-4-2-5-1;/h3-9,14-16H,10-13,17H2,1-2H3;3-8H,1-2H3;1-4,10H,5H2;5H,1-4H2;1H4. The number of aryl methyl sites for hydroxylation is 4. The highest BCUT2D eigenvalue weighted by Crippen LogP contribution is 2.39. The molecule has 8 aromatic rings. The zero-order valence-corrected chi connectivity index (χ0v) is 44.9. The largest absolute Gasteiger partial charge is 0.569 e. The first-order chi connectivity index (χ1) is 36.1. The Kier molecular flexibility index (Phi) is 21.4. The zero-order chi connectivity index (χ0) is 53.6. The van der Waals surface area contributed by atoms with Crippen LogP contribution in [0.15, 0.2) is 144 Å². The summed E-state index contributed by atoms with van der Waals surface area (Å²) in [6, 6.07) is 35.0. The second kappa shape index (κ2) is 27.8. The minimum Gasteiger partial charge on any atom is -0.537 e. The van der Waals surface area contributed by atoms with E-state index in [2.05, 4.69) is 66.3 Å². The molecule has 2 N–H and O–H groups in total. The van der Waals surface area contributed by atoms with Crippen LogP contribution < -0.4 is 21.2 Å².